The van der Waals surface area contributed by atoms with Crippen LogP contribution in [0.25, 0.3) is 5.57 Å². The second kappa shape index (κ2) is 10.7. The van der Waals surface area contributed by atoms with E-state index < -0.39 is 11.9 Å². The molecule has 0 bridgehead atoms. The third kappa shape index (κ3) is 5.55. The minimum atomic E-state index is -0.619. The van der Waals surface area contributed by atoms with Crippen LogP contribution < -0.4 is 5.32 Å². The number of benzene rings is 2. The summed E-state index contributed by atoms with van der Waals surface area (Å²) in [5.74, 6) is -0.743. The molecule has 41 heavy (non-hydrogen) atoms. The summed E-state index contributed by atoms with van der Waals surface area (Å²) in [4.78, 5) is 56.5. The molecule has 2 aromatic rings. The van der Waals surface area contributed by atoms with E-state index in [0.29, 0.717) is 43.3 Å². The molecule has 0 saturated carbocycles. The quantitative estimate of drug-likeness (QED) is 0.536. The van der Waals surface area contributed by atoms with Gasteiger partial charge in [0.1, 0.15) is 6.04 Å². The lowest BCUT2D eigenvalue weighted by Crippen LogP contribution is -2.52. The fourth-order valence-corrected chi connectivity index (χ4v) is 6.69. The summed E-state index contributed by atoms with van der Waals surface area (Å²) in [5.41, 5.74) is 5.82. The van der Waals surface area contributed by atoms with Gasteiger partial charge in [0.2, 0.25) is 11.8 Å². The van der Waals surface area contributed by atoms with E-state index in [0.717, 1.165) is 53.6 Å². The molecule has 1 aliphatic carbocycles. The van der Waals surface area contributed by atoms with Crippen LogP contribution >= 0.6 is 11.6 Å². The Morgan fingerprint density at radius 1 is 1.05 bits per heavy atom. The van der Waals surface area contributed by atoms with E-state index in [1.165, 1.54) is 0 Å². The Balaban J connectivity index is 1.13. The fraction of sp³-hybridized carbons (Fsp3) is 0.438. The SMILES string of the molecule is CC1(C)CCC(C(=O)N2CCN(Cc3ccc4c(c3)CN(C3CCC(=O)NC3=O)C4=O)C2)=C(c2ccc(Cl)cc2)C1. The van der Waals surface area contributed by atoms with Gasteiger partial charge < -0.3 is 9.80 Å². The Morgan fingerprint density at radius 2 is 1.83 bits per heavy atom. The van der Waals surface area contributed by atoms with Gasteiger partial charge in [-0.3, -0.25) is 29.4 Å². The van der Waals surface area contributed by atoms with Crippen molar-refractivity contribution < 1.29 is 19.2 Å². The van der Waals surface area contributed by atoms with Crippen molar-refractivity contribution in [2.24, 2.45) is 5.41 Å². The first-order valence-electron chi connectivity index (χ1n) is 14.3. The molecule has 4 aliphatic rings. The molecule has 1 atom stereocenters. The Bertz CT molecular complexity index is 1460. The lowest BCUT2D eigenvalue weighted by Gasteiger charge is -2.34. The number of nitrogens with zero attached hydrogens (tertiary/aromatic N) is 3. The maximum absolute atomic E-state index is 13.8. The van der Waals surface area contributed by atoms with Crippen LogP contribution in [0, 0.1) is 5.41 Å². The first-order chi connectivity index (χ1) is 19.6. The molecule has 0 spiro atoms. The highest BCUT2D eigenvalue weighted by molar-refractivity contribution is 6.30. The minimum absolute atomic E-state index is 0.118. The molecular formula is C32H35ClN4O4. The van der Waals surface area contributed by atoms with Crippen molar-refractivity contribution in [3.05, 3.63) is 75.3 Å². The highest BCUT2D eigenvalue weighted by Crippen LogP contribution is 2.43. The second-order valence-corrected chi connectivity index (χ2v) is 12.9. The zero-order chi connectivity index (χ0) is 28.9. The minimum Gasteiger partial charge on any atom is -0.325 e. The fourth-order valence-electron chi connectivity index (χ4n) is 6.57. The molecule has 214 valence electrons. The number of hydrogen-bond acceptors (Lipinski definition) is 5. The highest BCUT2D eigenvalue weighted by Gasteiger charge is 2.39. The number of imide groups is 1. The standard InChI is InChI=1S/C32H35ClN4O4/c1-32(2)12-11-25(26(16-32)21-4-6-23(33)7-5-21)30(40)36-14-13-35(19-36)17-20-3-8-24-22(15-20)18-37(31(24)41)27-9-10-28(38)34-29(27)39/h3-8,15,27H,9-14,16-19H2,1-2H3,(H,34,38,39). The van der Waals surface area contributed by atoms with Gasteiger partial charge in [-0.05, 0) is 71.6 Å². The monoisotopic (exact) mass is 574 g/mol. The number of rotatable bonds is 5. The summed E-state index contributed by atoms with van der Waals surface area (Å²) < 4.78 is 0. The van der Waals surface area contributed by atoms with Gasteiger partial charge in [0.05, 0.1) is 6.67 Å². The number of allylic oxidation sites excluding steroid dienone is 1. The third-order valence-corrected chi connectivity index (χ3v) is 9.11. The van der Waals surface area contributed by atoms with E-state index in [1.807, 2.05) is 47.4 Å². The average molecular weight is 575 g/mol. The molecule has 2 aromatic carbocycles. The number of piperidine rings is 1. The van der Waals surface area contributed by atoms with Crippen LogP contribution in [-0.4, -0.2) is 64.1 Å². The lowest BCUT2D eigenvalue weighted by atomic mass is 9.72. The number of amides is 4. The summed E-state index contributed by atoms with van der Waals surface area (Å²) in [5, 5.41) is 3.04. The molecule has 9 heteroatoms. The zero-order valence-electron chi connectivity index (χ0n) is 23.5. The van der Waals surface area contributed by atoms with Crippen LogP contribution in [0.3, 0.4) is 0 Å². The maximum Gasteiger partial charge on any atom is 0.255 e. The van der Waals surface area contributed by atoms with Crippen LogP contribution in [0.4, 0.5) is 0 Å². The predicted molar refractivity (Wildman–Crippen MR) is 155 cm³/mol. The van der Waals surface area contributed by atoms with Gasteiger partial charge in [-0.2, -0.15) is 0 Å². The largest absolute Gasteiger partial charge is 0.325 e. The van der Waals surface area contributed by atoms with E-state index >= 15 is 0 Å². The topological polar surface area (TPSA) is 90.0 Å². The van der Waals surface area contributed by atoms with E-state index in [9.17, 15) is 19.2 Å². The molecule has 3 aliphatic heterocycles. The number of carbonyl (C=O) groups is 4. The van der Waals surface area contributed by atoms with Gasteiger partial charge >= 0.3 is 0 Å². The maximum atomic E-state index is 13.8. The molecule has 1 unspecified atom stereocenters. The van der Waals surface area contributed by atoms with Gasteiger partial charge in [-0.1, -0.05) is 49.7 Å². The molecule has 6 rings (SSSR count). The summed E-state index contributed by atoms with van der Waals surface area (Å²) in [7, 11) is 0. The van der Waals surface area contributed by atoms with Crippen molar-refractivity contribution in [3.8, 4) is 0 Å². The van der Waals surface area contributed by atoms with Crippen LogP contribution in [0.5, 0.6) is 0 Å². The molecule has 3 heterocycles. The average Bonchev–Trinajstić information content (AvgIpc) is 3.52. The Kier molecular flexibility index (Phi) is 7.24. The normalized spacial score (nSPS) is 22.8. The molecule has 2 fully saturated rings. The highest BCUT2D eigenvalue weighted by atomic mass is 35.5. The van der Waals surface area contributed by atoms with Crippen molar-refractivity contribution in [1.82, 2.24) is 20.0 Å². The smallest absolute Gasteiger partial charge is 0.255 e. The summed E-state index contributed by atoms with van der Waals surface area (Å²) in [6.45, 7) is 7.55. The third-order valence-electron chi connectivity index (χ3n) is 8.86. The van der Waals surface area contributed by atoms with Crippen molar-refractivity contribution in [1.29, 1.82) is 0 Å². The molecule has 8 nitrogen and oxygen atoms in total. The molecule has 2 saturated heterocycles. The predicted octanol–water partition coefficient (Wildman–Crippen LogP) is 4.37. The van der Waals surface area contributed by atoms with Gasteiger partial charge in [0, 0.05) is 48.8 Å². The number of carbonyl (C=O) groups excluding carboxylic acids is 4. The zero-order valence-corrected chi connectivity index (χ0v) is 24.3. The first kappa shape index (κ1) is 27.7. The molecule has 0 aromatic heterocycles. The molecule has 0 radical (unpaired) electrons. The summed E-state index contributed by atoms with van der Waals surface area (Å²) in [6.07, 6.45) is 3.19. The van der Waals surface area contributed by atoms with Crippen molar-refractivity contribution in [3.63, 3.8) is 0 Å². The molecule has 1 N–H and O–H groups in total. The number of nitrogens with one attached hydrogen (secondary N) is 1. The van der Waals surface area contributed by atoms with E-state index in [1.54, 1.807) is 4.90 Å². The Morgan fingerprint density at radius 3 is 2.59 bits per heavy atom. The van der Waals surface area contributed by atoms with Crippen molar-refractivity contribution in [2.45, 2.75) is 65.1 Å². The Labute approximate surface area is 245 Å². The van der Waals surface area contributed by atoms with Crippen molar-refractivity contribution in [2.75, 3.05) is 19.8 Å². The lowest BCUT2D eigenvalue weighted by molar-refractivity contribution is -0.137. The van der Waals surface area contributed by atoms with Gasteiger partial charge in [0.15, 0.2) is 0 Å². The number of halogens is 1. The van der Waals surface area contributed by atoms with E-state index in [2.05, 4.69) is 24.1 Å². The number of hydrogen-bond donors (Lipinski definition) is 1. The first-order valence-corrected chi connectivity index (χ1v) is 14.7. The van der Waals surface area contributed by atoms with Gasteiger partial charge in [-0.15, -0.1) is 0 Å². The molecular weight excluding hydrogens is 540 g/mol. The summed E-state index contributed by atoms with van der Waals surface area (Å²) in [6, 6.07) is 13.0. The van der Waals surface area contributed by atoms with Crippen LogP contribution in [-0.2, 0) is 27.5 Å². The summed E-state index contributed by atoms with van der Waals surface area (Å²) >= 11 is 6.14. The second-order valence-electron chi connectivity index (χ2n) is 12.5. The van der Waals surface area contributed by atoms with Crippen LogP contribution in [0.1, 0.15) is 73.0 Å². The van der Waals surface area contributed by atoms with Crippen LogP contribution in [0.2, 0.25) is 5.02 Å². The molecule has 4 amide bonds. The van der Waals surface area contributed by atoms with E-state index in [-0.39, 0.29) is 29.6 Å². The Hall–Kier alpha value is -3.49. The number of fused-ring (bicyclic) bond motifs is 1. The van der Waals surface area contributed by atoms with Gasteiger partial charge in [0.25, 0.3) is 11.8 Å². The van der Waals surface area contributed by atoms with Crippen molar-refractivity contribution >= 4 is 40.8 Å². The van der Waals surface area contributed by atoms with Crippen LogP contribution in [0.15, 0.2) is 48.0 Å². The van der Waals surface area contributed by atoms with E-state index in [4.69, 9.17) is 11.6 Å². The van der Waals surface area contributed by atoms with Gasteiger partial charge in [-0.25, -0.2) is 0 Å².